The largest absolute Gasteiger partial charge is 0.573 e. The van der Waals surface area contributed by atoms with Crippen LogP contribution < -0.4 is 9.47 Å². The fourth-order valence-electron chi connectivity index (χ4n) is 0.890. The first kappa shape index (κ1) is 11.1. The molecule has 1 heterocycles. The Kier molecular flexibility index (Phi) is 2.99. The molecule has 80 valence electrons. The Balaban J connectivity index is 3.14. The average molecular weight is 218 g/mol. The van der Waals surface area contributed by atoms with Crippen LogP contribution in [0.25, 0.3) is 0 Å². The molecule has 0 N–H and O–H groups in total. The van der Waals surface area contributed by atoms with Gasteiger partial charge in [0.2, 0.25) is 0 Å². The van der Waals surface area contributed by atoms with Crippen LogP contribution in [0.1, 0.15) is 5.56 Å². The van der Waals surface area contributed by atoms with Crippen LogP contribution in [0.2, 0.25) is 0 Å². The van der Waals surface area contributed by atoms with E-state index >= 15 is 0 Å². The van der Waals surface area contributed by atoms with Gasteiger partial charge in [-0.25, -0.2) is 0 Å². The van der Waals surface area contributed by atoms with Crippen LogP contribution in [0.4, 0.5) is 13.2 Å². The van der Waals surface area contributed by atoms with E-state index in [-0.39, 0.29) is 11.3 Å². The van der Waals surface area contributed by atoms with Gasteiger partial charge in [-0.05, 0) is 0 Å². The van der Waals surface area contributed by atoms with Gasteiger partial charge in [0.15, 0.2) is 11.5 Å². The van der Waals surface area contributed by atoms with E-state index in [2.05, 4.69) is 14.5 Å². The lowest BCUT2D eigenvalue weighted by atomic mass is 10.2. The summed E-state index contributed by atoms with van der Waals surface area (Å²) in [4.78, 5) is 3.45. The van der Waals surface area contributed by atoms with E-state index < -0.39 is 12.1 Å². The summed E-state index contributed by atoms with van der Waals surface area (Å²) in [5.74, 6) is -0.747. The SMILES string of the molecule is COc1cncc(OC(F)(F)F)c1C#N. The van der Waals surface area contributed by atoms with Gasteiger partial charge in [0, 0.05) is 0 Å². The molecule has 0 aromatic carbocycles. The molecule has 0 atom stereocenters. The summed E-state index contributed by atoms with van der Waals surface area (Å²) in [6, 6.07) is 1.55. The lowest BCUT2D eigenvalue weighted by molar-refractivity contribution is -0.274. The van der Waals surface area contributed by atoms with Gasteiger partial charge in [0.05, 0.1) is 19.5 Å². The average Bonchev–Trinajstić information content (AvgIpc) is 2.15. The van der Waals surface area contributed by atoms with Crippen molar-refractivity contribution in [3.8, 4) is 17.6 Å². The highest BCUT2D eigenvalue weighted by Gasteiger charge is 2.33. The quantitative estimate of drug-likeness (QED) is 0.760. The first-order chi connectivity index (χ1) is 6.98. The number of hydrogen-bond acceptors (Lipinski definition) is 4. The standard InChI is InChI=1S/C8H5F3N2O2/c1-14-6-3-13-4-7(5(6)2-12)15-8(9,10)11/h3-4H,1H3. The minimum absolute atomic E-state index is 0.0701. The predicted molar refractivity (Wildman–Crippen MR) is 42.2 cm³/mol. The number of aromatic nitrogens is 1. The number of pyridine rings is 1. The third kappa shape index (κ3) is 2.74. The molecule has 0 aliphatic carbocycles. The van der Waals surface area contributed by atoms with Crippen LogP contribution in [0, 0.1) is 11.3 Å². The molecule has 0 aliphatic heterocycles. The van der Waals surface area contributed by atoms with Crippen LogP contribution >= 0.6 is 0 Å². The fraction of sp³-hybridized carbons (Fsp3) is 0.250. The molecule has 1 rings (SSSR count). The highest BCUT2D eigenvalue weighted by molar-refractivity contribution is 5.50. The van der Waals surface area contributed by atoms with Crippen molar-refractivity contribution < 1.29 is 22.6 Å². The number of hydrogen-bond donors (Lipinski definition) is 0. The van der Waals surface area contributed by atoms with Crippen molar-refractivity contribution >= 4 is 0 Å². The summed E-state index contributed by atoms with van der Waals surface area (Å²) in [5, 5.41) is 8.62. The number of halogens is 3. The molecule has 0 bridgehead atoms. The van der Waals surface area contributed by atoms with Gasteiger partial charge in [-0.3, -0.25) is 4.98 Å². The predicted octanol–water partition coefficient (Wildman–Crippen LogP) is 1.86. The van der Waals surface area contributed by atoms with E-state index in [1.165, 1.54) is 7.11 Å². The van der Waals surface area contributed by atoms with Gasteiger partial charge >= 0.3 is 6.36 Å². The number of ether oxygens (including phenoxy) is 2. The second kappa shape index (κ2) is 4.04. The molecule has 0 saturated carbocycles. The molecule has 0 saturated heterocycles. The Bertz CT molecular complexity index is 398. The van der Waals surface area contributed by atoms with Crippen molar-refractivity contribution in [2.24, 2.45) is 0 Å². The van der Waals surface area contributed by atoms with E-state index in [1.54, 1.807) is 6.07 Å². The first-order valence-corrected chi connectivity index (χ1v) is 3.65. The Labute approximate surface area is 82.9 Å². The van der Waals surface area contributed by atoms with Crippen LogP contribution in [0.15, 0.2) is 12.4 Å². The van der Waals surface area contributed by atoms with Crippen molar-refractivity contribution in [3.05, 3.63) is 18.0 Å². The number of nitriles is 1. The van der Waals surface area contributed by atoms with Crippen molar-refractivity contribution in [1.29, 1.82) is 5.26 Å². The normalized spacial score (nSPS) is 10.6. The van der Waals surface area contributed by atoms with E-state index in [9.17, 15) is 13.2 Å². The fourth-order valence-corrected chi connectivity index (χ4v) is 0.890. The van der Waals surface area contributed by atoms with Crippen molar-refractivity contribution in [2.75, 3.05) is 7.11 Å². The van der Waals surface area contributed by atoms with E-state index in [1.807, 2.05) is 0 Å². The van der Waals surface area contributed by atoms with Gasteiger partial charge in [0.25, 0.3) is 0 Å². The molecule has 1 aromatic rings. The third-order valence-corrected chi connectivity index (χ3v) is 1.43. The maximum absolute atomic E-state index is 11.9. The summed E-state index contributed by atoms with van der Waals surface area (Å²) >= 11 is 0. The smallest absolute Gasteiger partial charge is 0.494 e. The van der Waals surface area contributed by atoms with Crippen LogP contribution in [0.5, 0.6) is 11.5 Å². The highest BCUT2D eigenvalue weighted by atomic mass is 19.4. The monoisotopic (exact) mass is 218 g/mol. The van der Waals surface area contributed by atoms with Crippen LogP contribution in [-0.4, -0.2) is 18.5 Å². The Morgan fingerprint density at radius 1 is 1.33 bits per heavy atom. The molecule has 4 nitrogen and oxygen atoms in total. The maximum Gasteiger partial charge on any atom is 0.573 e. The molecule has 0 unspecified atom stereocenters. The van der Waals surface area contributed by atoms with Gasteiger partial charge in [0.1, 0.15) is 11.6 Å². The van der Waals surface area contributed by atoms with Gasteiger partial charge < -0.3 is 9.47 Å². The van der Waals surface area contributed by atoms with Crippen molar-refractivity contribution in [1.82, 2.24) is 4.98 Å². The van der Waals surface area contributed by atoms with Crippen molar-refractivity contribution in [3.63, 3.8) is 0 Å². The second-order valence-electron chi connectivity index (χ2n) is 2.37. The number of alkyl halides is 3. The minimum Gasteiger partial charge on any atom is -0.494 e. The molecule has 15 heavy (non-hydrogen) atoms. The van der Waals surface area contributed by atoms with Crippen LogP contribution in [-0.2, 0) is 0 Å². The first-order valence-electron chi connectivity index (χ1n) is 3.65. The molecule has 1 aromatic heterocycles. The van der Waals surface area contributed by atoms with Crippen LogP contribution in [0.3, 0.4) is 0 Å². The van der Waals surface area contributed by atoms with E-state index in [0.29, 0.717) is 0 Å². The van der Waals surface area contributed by atoms with Crippen molar-refractivity contribution in [2.45, 2.75) is 6.36 Å². The summed E-state index contributed by atoms with van der Waals surface area (Å²) in [6.07, 6.45) is -2.93. The zero-order chi connectivity index (χ0) is 11.5. The molecule has 0 fully saturated rings. The summed E-state index contributed by atoms with van der Waals surface area (Å²) in [5.41, 5.74) is -0.343. The number of methoxy groups -OCH3 is 1. The Morgan fingerprint density at radius 2 is 1.93 bits per heavy atom. The lowest BCUT2D eigenvalue weighted by Gasteiger charge is -2.10. The zero-order valence-electron chi connectivity index (χ0n) is 7.50. The Morgan fingerprint density at radius 3 is 2.40 bits per heavy atom. The number of rotatable bonds is 2. The molecule has 0 aliphatic rings. The highest BCUT2D eigenvalue weighted by Crippen LogP contribution is 2.30. The molecule has 7 heteroatoms. The van der Waals surface area contributed by atoms with E-state index in [0.717, 1.165) is 12.4 Å². The maximum atomic E-state index is 11.9. The second-order valence-corrected chi connectivity index (χ2v) is 2.37. The topological polar surface area (TPSA) is 55.1 Å². The third-order valence-electron chi connectivity index (χ3n) is 1.43. The summed E-state index contributed by atoms with van der Waals surface area (Å²) in [6.45, 7) is 0. The molecule has 0 radical (unpaired) electrons. The van der Waals surface area contributed by atoms with Gasteiger partial charge in [-0.2, -0.15) is 5.26 Å². The Hall–Kier alpha value is -1.97. The molecule has 0 spiro atoms. The lowest BCUT2D eigenvalue weighted by Crippen LogP contribution is -2.18. The molecular formula is C8H5F3N2O2. The number of nitrogens with zero attached hydrogens (tertiary/aromatic N) is 2. The van der Waals surface area contributed by atoms with Gasteiger partial charge in [-0.15, -0.1) is 13.2 Å². The van der Waals surface area contributed by atoms with E-state index in [4.69, 9.17) is 5.26 Å². The molecular weight excluding hydrogens is 213 g/mol. The zero-order valence-corrected chi connectivity index (χ0v) is 7.50. The van der Waals surface area contributed by atoms with Gasteiger partial charge in [-0.1, -0.05) is 0 Å². The minimum atomic E-state index is -4.86. The molecule has 0 amide bonds. The summed E-state index contributed by atoms with van der Waals surface area (Å²) in [7, 11) is 1.22. The summed E-state index contributed by atoms with van der Waals surface area (Å²) < 4.78 is 43.9.